The van der Waals surface area contributed by atoms with Crippen LogP contribution in [0.15, 0.2) is 22.7 Å². The minimum atomic E-state index is -0.278. The Labute approximate surface area is 134 Å². The number of benzene rings is 1. The first-order chi connectivity index (χ1) is 10.9. The SMILES string of the molecule is Cc1cc(-c2noc(CCC(=O)N(C)C(C)CN)n2)ccc1F. The molecule has 124 valence electrons. The minimum Gasteiger partial charge on any atom is -0.342 e. The first-order valence-electron chi connectivity index (χ1n) is 7.47. The molecular weight excluding hydrogens is 299 g/mol. The molecule has 0 aliphatic rings. The number of halogens is 1. The van der Waals surface area contributed by atoms with Crippen LogP contribution in [0.25, 0.3) is 11.4 Å². The number of hydrogen-bond donors (Lipinski definition) is 1. The molecule has 0 aliphatic heterocycles. The highest BCUT2D eigenvalue weighted by atomic mass is 19.1. The summed E-state index contributed by atoms with van der Waals surface area (Å²) in [4.78, 5) is 17.9. The second-order valence-corrected chi connectivity index (χ2v) is 5.57. The fraction of sp³-hybridized carbons (Fsp3) is 0.438. The van der Waals surface area contributed by atoms with Gasteiger partial charge in [0.2, 0.25) is 17.6 Å². The lowest BCUT2D eigenvalue weighted by molar-refractivity contribution is -0.131. The quantitative estimate of drug-likeness (QED) is 0.879. The summed E-state index contributed by atoms with van der Waals surface area (Å²) in [6.07, 6.45) is 0.624. The number of amides is 1. The number of aromatic nitrogens is 2. The van der Waals surface area contributed by atoms with Gasteiger partial charge >= 0.3 is 0 Å². The van der Waals surface area contributed by atoms with E-state index in [0.29, 0.717) is 35.8 Å². The Kier molecular flexibility index (Phi) is 5.44. The third-order valence-corrected chi connectivity index (χ3v) is 3.83. The average molecular weight is 320 g/mol. The van der Waals surface area contributed by atoms with Crippen molar-refractivity contribution in [2.24, 2.45) is 5.73 Å². The number of nitrogens with zero attached hydrogens (tertiary/aromatic N) is 3. The van der Waals surface area contributed by atoms with Gasteiger partial charge in [0.05, 0.1) is 0 Å². The molecule has 0 fully saturated rings. The molecule has 1 atom stereocenters. The second-order valence-electron chi connectivity index (χ2n) is 5.57. The number of likely N-dealkylation sites (N-methyl/N-ethyl adjacent to an activating group) is 1. The topological polar surface area (TPSA) is 85.2 Å². The van der Waals surface area contributed by atoms with E-state index in [1.54, 1.807) is 31.0 Å². The number of rotatable bonds is 6. The monoisotopic (exact) mass is 320 g/mol. The van der Waals surface area contributed by atoms with E-state index in [0.717, 1.165) is 0 Å². The maximum Gasteiger partial charge on any atom is 0.227 e. The van der Waals surface area contributed by atoms with Crippen molar-refractivity contribution in [3.05, 3.63) is 35.5 Å². The van der Waals surface area contributed by atoms with Crippen LogP contribution in [0.2, 0.25) is 0 Å². The lowest BCUT2D eigenvalue weighted by Crippen LogP contribution is -2.39. The van der Waals surface area contributed by atoms with Gasteiger partial charge in [-0.05, 0) is 37.6 Å². The Hall–Kier alpha value is -2.28. The zero-order valence-electron chi connectivity index (χ0n) is 13.5. The zero-order valence-corrected chi connectivity index (χ0v) is 13.5. The zero-order chi connectivity index (χ0) is 17.0. The molecule has 7 heteroatoms. The lowest BCUT2D eigenvalue weighted by Gasteiger charge is -2.23. The van der Waals surface area contributed by atoms with Crippen molar-refractivity contribution >= 4 is 5.91 Å². The number of carbonyl (C=O) groups excluding carboxylic acids is 1. The van der Waals surface area contributed by atoms with Crippen LogP contribution in [0.5, 0.6) is 0 Å². The molecule has 2 rings (SSSR count). The maximum atomic E-state index is 13.3. The summed E-state index contributed by atoms with van der Waals surface area (Å²) in [6.45, 7) is 3.98. The Morgan fingerprint density at radius 1 is 1.48 bits per heavy atom. The number of carbonyl (C=O) groups is 1. The summed E-state index contributed by atoms with van der Waals surface area (Å²) in [6, 6.07) is 4.61. The van der Waals surface area contributed by atoms with E-state index >= 15 is 0 Å². The van der Waals surface area contributed by atoms with Crippen LogP contribution in [0, 0.1) is 12.7 Å². The van der Waals surface area contributed by atoms with E-state index in [1.807, 2.05) is 6.92 Å². The largest absolute Gasteiger partial charge is 0.342 e. The van der Waals surface area contributed by atoms with Gasteiger partial charge in [-0.2, -0.15) is 4.98 Å². The van der Waals surface area contributed by atoms with E-state index < -0.39 is 0 Å². The summed E-state index contributed by atoms with van der Waals surface area (Å²) in [5.74, 6) is 0.462. The van der Waals surface area contributed by atoms with Gasteiger partial charge in [-0.15, -0.1) is 0 Å². The predicted molar refractivity (Wildman–Crippen MR) is 84.0 cm³/mol. The normalized spacial score (nSPS) is 12.2. The van der Waals surface area contributed by atoms with Crippen LogP contribution in [0.4, 0.5) is 4.39 Å². The number of hydrogen-bond acceptors (Lipinski definition) is 5. The molecule has 2 aromatic rings. The average Bonchev–Trinajstić information content (AvgIpc) is 3.02. The van der Waals surface area contributed by atoms with Crippen LogP contribution in [0.3, 0.4) is 0 Å². The van der Waals surface area contributed by atoms with Crippen LogP contribution < -0.4 is 5.73 Å². The molecule has 2 N–H and O–H groups in total. The first-order valence-corrected chi connectivity index (χ1v) is 7.47. The smallest absolute Gasteiger partial charge is 0.227 e. The molecule has 0 radical (unpaired) electrons. The van der Waals surface area contributed by atoms with Crippen molar-refractivity contribution in [2.45, 2.75) is 32.7 Å². The summed E-state index contributed by atoms with van der Waals surface area (Å²) in [5, 5.41) is 3.88. The van der Waals surface area contributed by atoms with Crippen molar-refractivity contribution in [3.8, 4) is 11.4 Å². The lowest BCUT2D eigenvalue weighted by atomic mass is 10.1. The van der Waals surface area contributed by atoms with E-state index in [9.17, 15) is 9.18 Å². The fourth-order valence-corrected chi connectivity index (χ4v) is 2.05. The second kappa shape index (κ2) is 7.32. The van der Waals surface area contributed by atoms with Crippen molar-refractivity contribution in [2.75, 3.05) is 13.6 Å². The maximum absolute atomic E-state index is 13.3. The highest BCUT2D eigenvalue weighted by Gasteiger charge is 2.16. The molecule has 0 spiro atoms. The number of aryl methyl sites for hydroxylation is 2. The Bertz CT molecular complexity index is 686. The summed E-state index contributed by atoms with van der Waals surface area (Å²) in [5.41, 5.74) is 6.74. The molecule has 1 unspecified atom stereocenters. The van der Waals surface area contributed by atoms with Gasteiger partial charge in [-0.3, -0.25) is 4.79 Å². The third kappa shape index (κ3) is 4.13. The number of nitrogens with two attached hydrogens (primary N) is 1. The molecular formula is C16H21FN4O2. The molecule has 1 amide bonds. The van der Waals surface area contributed by atoms with Crippen LogP contribution >= 0.6 is 0 Å². The molecule has 0 aliphatic carbocycles. The van der Waals surface area contributed by atoms with E-state index in [1.165, 1.54) is 6.07 Å². The van der Waals surface area contributed by atoms with Crippen molar-refractivity contribution in [1.29, 1.82) is 0 Å². The molecule has 0 saturated carbocycles. The van der Waals surface area contributed by atoms with Gasteiger partial charge in [-0.1, -0.05) is 5.16 Å². The molecule has 1 aromatic heterocycles. The predicted octanol–water partition coefficient (Wildman–Crippen LogP) is 1.92. The minimum absolute atomic E-state index is 0.0112. The molecule has 0 saturated heterocycles. The first kappa shape index (κ1) is 17.1. The van der Waals surface area contributed by atoms with Gasteiger partial charge in [0.25, 0.3) is 0 Å². The third-order valence-electron chi connectivity index (χ3n) is 3.83. The molecule has 0 bridgehead atoms. The van der Waals surface area contributed by atoms with Crippen molar-refractivity contribution < 1.29 is 13.7 Å². The summed E-state index contributed by atoms with van der Waals surface area (Å²) in [7, 11) is 1.72. The summed E-state index contributed by atoms with van der Waals surface area (Å²) >= 11 is 0. The molecule has 1 heterocycles. The van der Waals surface area contributed by atoms with Gasteiger partial charge in [0, 0.05) is 38.0 Å². The summed E-state index contributed by atoms with van der Waals surface area (Å²) < 4.78 is 18.4. The highest BCUT2D eigenvalue weighted by molar-refractivity contribution is 5.76. The molecule has 6 nitrogen and oxygen atoms in total. The fourth-order valence-electron chi connectivity index (χ4n) is 2.05. The van der Waals surface area contributed by atoms with Crippen LogP contribution in [-0.4, -0.2) is 40.6 Å². The Balaban J connectivity index is 2.00. The van der Waals surface area contributed by atoms with Crippen LogP contribution in [-0.2, 0) is 11.2 Å². The Morgan fingerprint density at radius 3 is 2.87 bits per heavy atom. The van der Waals surface area contributed by atoms with Gasteiger partial charge in [-0.25, -0.2) is 4.39 Å². The van der Waals surface area contributed by atoms with Crippen molar-refractivity contribution in [3.63, 3.8) is 0 Å². The van der Waals surface area contributed by atoms with E-state index in [-0.39, 0.29) is 24.2 Å². The van der Waals surface area contributed by atoms with Crippen LogP contribution in [0.1, 0.15) is 24.8 Å². The van der Waals surface area contributed by atoms with E-state index in [4.69, 9.17) is 10.3 Å². The molecule has 23 heavy (non-hydrogen) atoms. The van der Waals surface area contributed by atoms with E-state index in [2.05, 4.69) is 10.1 Å². The standard InChI is InChI=1S/C16H21FN4O2/c1-10-8-12(4-5-13(10)17)16-19-14(23-20-16)6-7-15(22)21(3)11(2)9-18/h4-5,8,11H,6-7,9,18H2,1-3H3. The molecule has 1 aromatic carbocycles. The highest BCUT2D eigenvalue weighted by Crippen LogP contribution is 2.19. The Morgan fingerprint density at radius 2 is 2.22 bits per heavy atom. The van der Waals surface area contributed by atoms with Crippen molar-refractivity contribution in [1.82, 2.24) is 15.0 Å². The van der Waals surface area contributed by atoms with Gasteiger partial charge in [0.15, 0.2) is 0 Å². The van der Waals surface area contributed by atoms with Gasteiger partial charge in [0.1, 0.15) is 5.82 Å². The van der Waals surface area contributed by atoms with Gasteiger partial charge < -0.3 is 15.2 Å².